The van der Waals surface area contributed by atoms with Crippen LogP contribution >= 0.6 is 0 Å². The molecule has 4 nitrogen and oxygen atoms in total. The van der Waals surface area contributed by atoms with E-state index >= 15 is 0 Å². The van der Waals surface area contributed by atoms with Crippen LogP contribution in [0.2, 0.25) is 0 Å². The molecule has 0 spiro atoms. The maximum absolute atomic E-state index is 12.7. The number of hydrogen-bond acceptors (Lipinski definition) is 4. The molecule has 1 aliphatic heterocycles. The zero-order chi connectivity index (χ0) is 21.2. The molecule has 4 heteroatoms. The number of nitrogens with zero attached hydrogens (tertiary/aromatic N) is 1. The number of ether oxygens (including phenoxy) is 1. The molecule has 0 unspecified atom stereocenters. The molecule has 156 valence electrons. The standard InChI is InChI=1S/C27H25NO3/c1-28-15-13-23(14-16-28)30-24-12-11-22-17-25(27(29)31-26(22)18-24)21-9-7-20(8-10-21)19-5-3-2-4-6-19/h2-12,17-18,23H,13-16H2,1H3. The first kappa shape index (κ1) is 19.6. The second-order valence-electron chi connectivity index (χ2n) is 8.21. The fourth-order valence-electron chi connectivity index (χ4n) is 4.13. The molecule has 0 bridgehead atoms. The highest BCUT2D eigenvalue weighted by atomic mass is 16.5. The SMILES string of the molecule is CN1CCC(Oc2ccc3cc(-c4ccc(-c5ccccc5)cc4)c(=O)oc3c2)CC1. The lowest BCUT2D eigenvalue weighted by Crippen LogP contribution is -2.35. The van der Waals surface area contributed by atoms with Gasteiger partial charge in [-0.1, -0.05) is 54.6 Å². The minimum Gasteiger partial charge on any atom is -0.490 e. The molecule has 0 aliphatic carbocycles. The Labute approximate surface area is 181 Å². The number of fused-ring (bicyclic) bond motifs is 1. The van der Waals surface area contributed by atoms with Crippen LogP contribution in [0.25, 0.3) is 33.2 Å². The second-order valence-corrected chi connectivity index (χ2v) is 8.21. The zero-order valence-corrected chi connectivity index (χ0v) is 17.6. The minimum absolute atomic E-state index is 0.211. The smallest absolute Gasteiger partial charge is 0.344 e. The molecule has 1 saturated heterocycles. The molecule has 0 N–H and O–H groups in total. The molecular weight excluding hydrogens is 386 g/mol. The molecule has 1 fully saturated rings. The second kappa shape index (κ2) is 8.40. The third-order valence-corrected chi connectivity index (χ3v) is 5.98. The number of likely N-dealkylation sites (tertiary alicyclic amines) is 1. The van der Waals surface area contributed by atoms with E-state index in [9.17, 15) is 4.79 Å². The van der Waals surface area contributed by atoms with Gasteiger partial charge >= 0.3 is 5.63 Å². The van der Waals surface area contributed by atoms with E-state index in [0.717, 1.165) is 53.8 Å². The van der Waals surface area contributed by atoms with Crippen LogP contribution in [0.5, 0.6) is 5.75 Å². The lowest BCUT2D eigenvalue weighted by molar-refractivity contribution is 0.114. The van der Waals surface area contributed by atoms with Gasteiger partial charge in [-0.2, -0.15) is 0 Å². The monoisotopic (exact) mass is 411 g/mol. The number of hydrogen-bond donors (Lipinski definition) is 0. The van der Waals surface area contributed by atoms with Gasteiger partial charge in [0.1, 0.15) is 17.4 Å². The van der Waals surface area contributed by atoms with Crippen molar-refractivity contribution in [2.24, 2.45) is 0 Å². The predicted octanol–water partition coefficient (Wildman–Crippen LogP) is 5.60. The van der Waals surface area contributed by atoms with Gasteiger partial charge in [0.25, 0.3) is 0 Å². The molecule has 0 saturated carbocycles. The van der Waals surface area contributed by atoms with E-state index in [1.165, 1.54) is 0 Å². The molecule has 4 aromatic rings. The Morgan fingerprint density at radius 2 is 1.52 bits per heavy atom. The van der Waals surface area contributed by atoms with Crippen molar-refractivity contribution in [1.29, 1.82) is 0 Å². The van der Waals surface area contributed by atoms with Crippen LogP contribution in [-0.2, 0) is 0 Å². The zero-order valence-electron chi connectivity index (χ0n) is 17.6. The van der Waals surface area contributed by atoms with E-state index in [1.807, 2.05) is 66.7 Å². The average Bonchev–Trinajstić information content (AvgIpc) is 2.81. The van der Waals surface area contributed by atoms with Gasteiger partial charge in [0.05, 0.1) is 5.56 Å². The van der Waals surface area contributed by atoms with Crippen molar-refractivity contribution in [1.82, 2.24) is 4.90 Å². The summed E-state index contributed by atoms with van der Waals surface area (Å²) >= 11 is 0. The summed E-state index contributed by atoms with van der Waals surface area (Å²) in [7, 11) is 2.13. The van der Waals surface area contributed by atoms with Gasteiger partial charge < -0.3 is 14.1 Å². The Balaban J connectivity index is 1.40. The highest BCUT2D eigenvalue weighted by Crippen LogP contribution is 2.28. The van der Waals surface area contributed by atoms with E-state index in [4.69, 9.17) is 9.15 Å². The summed E-state index contributed by atoms with van der Waals surface area (Å²) in [6.45, 7) is 2.08. The quantitative estimate of drug-likeness (QED) is 0.410. The van der Waals surface area contributed by atoms with Gasteiger partial charge in [0.15, 0.2) is 0 Å². The summed E-state index contributed by atoms with van der Waals surface area (Å²) in [5.41, 5.74) is 3.90. The van der Waals surface area contributed by atoms with Crippen LogP contribution < -0.4 is 10.4 Å². The molecule has 31 heavy (non-hydrogen) atoms. The highest BCUT2D eigenvalue weighted by Gasteiger charge is 2.18. The summed E-state index contributed by atoms with van der Waals surface area (Å²) in [5, 5.41) is 0.887. The average molecular weight is 412 g/mol. The van der Waals surface area contributed by atoms with Gasteiger partial charge in [-0.15, -0.1) is 0 Å². The van der Waals surface area contributed by atoms with Crippen molar-refractivity contribution in [3.05, 3.63) is 89.3 Å². The third-order valence-electron chi connectivity index (χ3n) is 5.98. The lowest BCUT2D eigenvalue weighted by Gasteiger charge is -2.29. The molecule has 3 aromatic carbocycles. The van der Waals surface area contributed by atoms with Crippen LogP contribution in [0.4, 0.5) is 0 Å². The van der Waals surface area contributed by atoms with Gasteiger partial charge in [0.2, 0.25) is 0 Å². The van der Waals surface area contributed by atoms with Crippen molar-refractivity contribution in [3.8, 4) is 28.0 Å². The van der Waals surface area contributed by atoms with E-state index in [-0.39, 0.29) is 11.7 Å². The number of piperidine rings is 1. The van der Waals surface area contributed by atoms with Crippen molar-refractivity contribution in [2.75, 3.05) is 20.1 Å². The summed E-state index contributed by atoms with van der Waals surface area (Å²) in [6, 6.07) is 25.9. The largest absolute Gasteiger partial charge is 0.490 e. The Morgan fingerprint density at radius 3 is 2.26 bits per heavy atom. The van der Waals surface area contributed by atoms with Gasteiger partial charge in [0, 0.05) is 24.5 Å². The molecule has 2 heterocycles. The molecule has 0 amide bonds. The summed E-state index contributed by atoms with van der Waals surface area (Å²) < 4.78 is 11.8. The topological polar surface area (TPSA) is 42.7 Å². The Hall–Kier alpha value is -3.37. The first-order valence-electron chi connectivity index (χ1n) is 10.7. The van der Waals surface area contributed by atoms with E-state index in [2.05, 4.69) is 24.1 Å². The van der Waals surface area contributed by atoms with Crippen LogP contribution in [0, 0.1) is 0 Å². The first-order valence-corrected chi connectivity index (χ1v) is 10.7. The normalized spacial score (nSPS) is 15.3. The van der Waals surface area contributed by atoms with Crippen LogP contribution in [0.3, 0.4) is 0 Å². The first-order chi connectivity index (χ1) is 15.2. The maximum atomic E-state index is 12.7. The van der Waals surface area contributed by atoms with Crippen LogP contribution in [0.15, 0.2) is 88.1 Å². The van der Waals surface area contributed by atoms with Crippen molar-refractivity contribution in [2.45, 2.75) is 18.9 Å². The molecule has 5 rings (SSSR count). The van der Waals surface area contributed by atoms with Gasteiger partial charge in [-0.25, -0.2) is 4.79 Å². The molecule has 1 aromatic heterocycles. The van der Waals surface area contributed by atoms with E-state index < -0.39 is 0 Å². The summed E-state index contributed by atoms with van der Waals surface area (Å²) in [5.74, 6) is 0.755. The predicted molar refractivity (Wildman–Crippen MR) is 125 cm³/mol. The number of rotatable bonds is 4. The Kier molecular flexibility index (Phi) is 5.31. The number of benzene rings is 3. The van der Waals surface area contributed by atoms with Crippen molar-refractivity contribution < 1.29 is 9.15 Å². The van der Waals surface area contributed by atoms with Crippen molar-refractivity contribution >= 4 is 11.0 Å². The Morgan fingerprint density at radius 1 is 0.839 bits per heavy atom. The molecule has 0 radical (unpaired) electrons. The summed E-state index contributed by atoms with van der Waals surface area (Å²) in [6.07, 6.45) is 2.23. The molecule has 0 atom stereocenters. The molecular formula is C27H25NO3. The fourth-order valence-corrected chi connectivity index (χ4v) is 4.13. The third kappa shape index (κ3) is 4.25. The van der Waals surface area contributed by atoms with E-state index in [1.54, 1.807) is 0 Å². The van der Waals surface area contributed by atoms with E-state index in [0.29, 0.717) is 11.1 Å². The fraction of sp³-hybridized carbons (Fsp3) is 0.222. The van der Waals surface area contributed by atoms with Gasteiger partial charge in [-0.3, -0.25) is 0 Å². The minimum atomic E-state index is -0.337. The molecule has 1 aliphatic rings. The van der Waals surface area contributed by atoms with Gasteiger partial charge in [-0.05, 0) is 54.8 Å². The van der Waals surface area contributed by atoms with Crippen LogP contribution in [0.1, 0.15) is 12.8 Å². The van der Waals surface area contributed by atoms with Crippen molar-refractivity contribution in [3.63, 3.8) is 0 Å². The summed E-state index contributed by atoms with van der Waals surface area (Å²) in [4.78, 5) is 15.0. The maximum Gasteiger partial charge on any atom is 0.344 e. The lowest BCUT2D eigenvalue weighted by atomic mass is 10.0. The Bertz CT molecular complexity index is 1240. The highest BCUT2D eigenvalue weighted by molar-refractivity contribution is 5.83. The van der Waals surface area contributed by atoms with Crippen LogP contribution in [-0.4, -0.2) is 31.1 Å².